The van der Waals surface area contributed by atoms with Crippen molar-refractivity contribution < 1.29 is 19.1 Å². The number of aromatic nitrogens is 2. The van der Waals surface area contributed by atoms with E-state index in [0.29, 0.717) is 13.0 Å². The molecule has 0 saturated carbocycles. The van der Waals surface area contributed by atoms with E-state index in [2.05, 4.69) is 10.3 Å². The summed E-state index contributed by atoms with van der Waals surface area (Å²) >= 11 is 0. The van der Waals surface area contributed by atoms with Crippen molar-refractivity contribution in [2.75, 3.05) is 20.3 Å². The normalized spacial score (nSPS) is 11.0. The van der Waals surface area contributed by atoms with Gasteiger partial charge in [0.1, 0.15) is 19.0 Å². The third kappa shape index (κ3) is 5.56. The molecule has 0 bridgehead atoms. The van der Waals surface area contributed by atoms with Crippen LogP contribution in [0.1, 0.15) is 26.1 Å². The fourth-order valence-corrected chi connectivity index (χ4v) is 2.58. The second kappa shape index (κ2) is 9.17. The van der Waals surface area contributed by atoms with Gasteiger partial charge in [-0.2, -0.15) is 0 Å². The Labute approximate surface area is 147 Å². The number of methoxy groups -OCH3 is 1. The lowest BCUT2D eigenvalue weighted by Crippen LogP contribution is -2.28. The molecule has 136 valence electrons. The van der Waals surface area contributed by atoms with Crippen LogP contribution in [0.15, 0.2) is 24.3 Å². The van der Waals surface area contributed by atoms with Gasteiger partial charge in [-0.25, -0.2) is 4.98 Å². The van der Waals surface area contributed by atoms with Crippen LogP contribution in [0.25, 0.3) is 11.0 Å². The minimum absolute atomic E-state index is 0.0551. The number of benzene rings is 1. The van der Waals surface area contributed by atoms with Crippen LogP contribution in [0.3, 0.4) is 0 Å². The zero-order chi connectivity index (χ0) is 18.2. The van der Waals surface area contributed by atoms with Crippen molar-refractivity contribution in [3.8, 4) is 0 Å². The lowest BCUT2D eigenvalue weighted by Gasteiger charge is -2.11. The van der Waals surface area contributed by atoms with Gasteiger partial charge >= 0.3 is 5.97 Å². The summed E-state index contributed by atoms with van der Waals surface area (Å²) in [7, 11) is 1.48. The molecule has 2 rings (SSSR count). The van der Waals surface area contributed by atoms with Gasteiger partial charge in [0.05, 0.1) is 17.1 Å². The molecule has 0 radical (unpaired) electrons. The quantitative estimate of drug-likeness (QED) is 0.551. The molecule has 0 unspecified atom stereocenters. The molecular formula is C18H25N3O4. The SMILES string of the molecule is COCC(=O)NCCCc1nc2ccccc2n1CC(=O)OC(C)C. The Morgan fingerprint density at radius 1 is 1.28 bits per heavy atom. The van der Waals surface area contributed by atoms with Gasteiger partial charge in [0.15, 0.2) is 0 Å². The summed E-state index contributed by atoms with van der Waals surface area (Å²) in [6, 6.07) is 7.70. The van der Waals surface area contributed by atoms with Gasteiger partial charge in [-0.05, 0) is 32.4 Å². The number of para-hydroxylation sites is 2. The maximum absolute atomic E-state index is 12.1. The summed E-state index contributed by atoms with van der Waals surface area (Å²) in [6.45, 7) is 4.37. The lowest BCUT2D eigenvalue weighted by atomic mass is 10.3. The molecule has 1 aromatic heterocycles. The minimum atomic E-state index is -0.284. The van der Waals surface area contributed by atoms with Gasteiger partial charge in [-0.15, -0.1) is 0 Å². The molecule has 0 aliphatic carbocycles. The first-order valence-electron chi connectivity index (χ1n) is 8.40. The molecule has 0 aliphatic heterocycles. The molecular weight excluding hydrogens is 322 g/mol. The molecule has 0 aliphatic rings. The van der Waals surface area contributed by atoms with Gasteiger partial charge in [0.25, 0.3) is 0 Å². The van der Waals surface area contributed by atoms with E-state index in [-0.39, 0.29) is 31.1 Å². The predicted octanol–water partition coefficient (Wildman–Crippen LogP) is 1.68. The van der Waals surface area contributed by atoms with Crippen molar-refractivity contribution in [1.29, 1.82) is 0 Å². The molecule has 1 N–H and O–H groups in total. The van der Waals surface area contributed by atoms with Gasteiger partial charge in [-0.3, -0.25) is 9.59 Å². The van der Waals surface area contributed by atoms with Crippen molar-refractivity contribution in [3.63, 3.8) is 0 Å². The Morgan fingerprint density at radius 2 is 2.04 bits per heavy atom. The Kier molecular flexibility index (Phi) is 6.94. The second-order valence-electron chi connectivity index (χ2n) is 6.03. The van der Waals surface area contributed by atoms with Crippen LogP contribution < -0.4 is 5.32 Å². The average Bonchev–Trinajstić information content (AvgIpc) is 2.89. The highest BCUT2D eigenvalue weighted by atomic mass is 16.5. The first-order chi connectivity index (χ1) is 12.0. The maximum atomic E-state index is 12.1. The van der Waals surface area contributed by atoms with Gasteiger partial charge in [-0.1, -0.05) is 12.1 Å². The number of imidazole rings is 1. The number of rotatable bonds is 9. The third-order valence-corrected chi connectivity index (χ3v) is 3.56. The fraction of sp³-hybridized carbons (Fsp3) is 0.500. The molecule has 7 nitrogen and oxygen atoms in total. The number of hydrogen-bond donors (Lipinski definition) is 1. The zero-order valence-corrected chi connectivity index (χ0v) is 14.9. The molecule has 0 saturated heterocycles. The molecule has 2 aromatic rings. The number of aryl methyl sites for hydroxylation is 1. The first kappa shape index (κ1) is 18.9. The van der Waals surface area contributed by atoms with Crippen molar-refractivity contribution >= 4 is 22.9 Å². The molecule has 1 heterocycles. The van der Waals surface area contributed by atoms with E-state index in [1.807, 2.05) is 42.7 Å². The van der Waals surface area contributed by atoms with Crippen molar-refractivity contribution in [1.82, 2.24) is 14.9 Å². The number of nitrogens with one attached hydrogen (secondary N) is 1. The highest BCUT2D eigenvalue weighted by molar-refractivity contribution is 5.79. The first-order valence-corrected chi connectivity index (χ1v) is 8.40. The Bertz CT molecular complexity index is 724. The molecule has 0 fully saturated rings. The summed E-state index contributed by atoms with van der Waals surface area (Å²) in [5, 5.41) is 2.78. The predicted molar refractivity (Wildman–Crippen MR) is 94.2 cm³/mol. The number of nitrogens with zero attached hydrogens (tertiary/aromatic N) is 2. The number of amides is 1. The van der Waals surface area contributed by atoms with E-state index in [4.69, 9.17) is 9.47 Å². The Morgan fingerprint density at radius 3 is 2.76 bits per heavy atom. The summed E-state index contributed by atoms with van der Waals surface area (Å²) in [6.07, 6.45) is 1.22. The Hall–Kier alpha value is -2.41. The highest BCUT2D eigenvalue weighted by Crippen LogP contribution is 2.17. The van der Waals surface area contributed by atoms with Crippen LogP contribution in [0.4, 0.5) is 0 Å². The van der Waals surface area contributed by atoms with Crippen molar-refractivity contribution in [2.24, 2.45) is 0 Å². The average molecular weight is 347 g/mol. The van der Waals surface area contributed by atoms with Gasteiger partial charge < -0.3 is 19.4 Å². The minimum Gasteiger partial charge on any atom is -0.462 e. The van der Waals surface area contributed by atoms with Gasteiger partial charge in [0, 0.05) is 20.1 Å². The smallest absolute Gasteiger partial charge is 0.326 e. The van der Waals surface area contributed by atoms with Crippen LogP contribution in [-0.2, 0) is 32.0 Å². The summed E-state index contributed by atoms with van der Waals surface area (Å²) < 4.78 is 11.9. The number of carbonyl (C=O) groups is 2. The number of carbonyl (C=O) groups excluding carboxylic acids is 2. The second-order valence-corrected chi connectivity index (χ2v) is 6.03. The summed E-state index contributed by atoms with van der Waals surface area (Å²) in [5.41, 5.74) is 1.75. The van der Waals surface area contributed by atoms with Crippen LogP contribution in [0, 0.1) is 0 Å². The van der Waals surface area contributed by atoms with E-state index in [1.54, 1.807) is 0 Å². The molecule has 1 amide bonds. The molecule has 0 atom stereocenters. The summed E-state index contributed by atoms with van der Waals surface area (Å²) in [4.78, 5) is 28.1. The largest absolute Gasteiger partial charge is 0.462 e. The van der Waals surface area contributed by atoms with Crippen LogP contribution in [-0.4, -0.2) is 47.8 Å². The van der Waals surface area contributed by atoms with E-state index in [0.717, 1.165) is 23.3 Å². The number of ether oxygens (including phenoxy) is 2. The number of fused-ring (bicyclic) bond motifs is 1. The van der Waals surface area contributed by atoms with E-state index < -0.39 is 0 Å². The van der Waals surface area contributed by atoms with Crippen LogP contribution >= 0.6 is 0 Å². The summed E-state index contributed by atoms with van der Waals surface area (Å²) in [5.74, 6) is 0.382. The third-order valence-electron chi connectivity index (χ3n) is 3.56. The van der Waals surface area contributed by atoms with Crippen molar-refractivity contribution in [3.05, 3.63) is 30.1 Å². The van der Waals surface area contributed by atoms with Gasteiger partial charge in [0.2, 0.25) is 5.91 Å². The monoisotopic (exact) mass is 347 g/mol. The van der Waals surface area contributed by atoms with Crippen molar-refractivity contribution in [2.45, 2.75) is 39.3 Å². The topological polar surface area (TPSA) is 82.5 Å². The van der Waals surface area contributed by atoms with Crippen LogP contribution in [0.5, 0.6) is 0 Å². The maximum Gasteiger partial charge on any atom is 0.326 e. The lowest BCUT2D eigenvalue weighted by molar-refractivity contribution is -0.148. The van der Waals surface area contributed by atoms with E-state index in [1.165, 1.54) is 7.11 Å². The Balaban J connectivity index is 2.06. The fourth-order valence-electron chi connectivity index (χ4n) is 2.58. The number of esters is 1. The standard InChI is InChI=1S/C18H25N3O4/c1-13(2)25-18(23)11-21-15-8-5-4-7-14(15)20-16(21)9-6-10-19-17(22)12-24-3/h4-5,7-8,13H,6,9-12H2,1-3H3,(H,19,22). The molecule has 25 heavy (non-hydrogen) atoms. The van der Waals surface area contributed by atoms with E-state index >= 15 is 0 Å². The molecule has 0 spiro atoms. The van der Waals surface area contributed by atoms with E-state index in [9.17, 15) is 9.59 Å². The zero-order valence-electron chi connectivity index (χ0n) is 14.9. The number of hydrogen-bond acceptors (Lipinski definition) is 5. The van der Waals surface area contributed by atoms with Crippen LogP contribution in [0.2, 0.25) is 0 Å². The highest BCUT2D eigenvalue weighted by Gasteiger charge is 2.15. The molecule has 7 heteroatoms. The molecule has 1 aromatic carbocycles.